The summed E-state index contributed by atoms with van der Waals surface area (Å²) in [5.41, 5.74) is 0. The number of amides is 1. The predicted octanol–water partition coefficient (Wildman–Crippen LogP) is 4.44. The van der Waals surface area contributed by atoms with Crippen molar-refractivity contribution in [3.63, 3.8) is 0 Å². The Morgan fingerprint density at radius 3 is 2.94 bits per heavy atom. The summed E-state index contributed by atoms with van der Waals surface area (Å²) in [6.07, 6.45) is 5.49. The molecular formula is C14H20BrNOS. The molecule has 0 aliphatic carbocycles. The van der Waals surface area contributed by atoms with Gasteiger partial charge < -0.3 is 4.90 Å². The summed E-state index contributed by atoms with van der Waals surface area (Å²) in [7, 11) is 0. The monoisotopic (exact) mass is 329 g/mol. The fourth-order valence-corrected chi connectivity index (χ4v) is 4.08. The van der Waals surface area contributed by atoms with Crippen LogP contribution < -0.4 is 0 Å². The van der Waals surface area contributed by atoms with E-state index in [4.69, 9.17) is 0 Å². The van der Waals surface area contributed by atoms with Crippen molar-refractivity contribution in [3.8, 4) is 0 Å². The molecule has 1 unspecified atom stereocenters. The number of halogens is 1. The van der Waals surface area contributed by atoms with Gasteiger partial charge in [0.1, 0.15) is 0 Å². The van der Waals surface area contributed by atoms with E-state index in [1.165, 1.54) is 24.1 Å². The van der Waals surface area contributed by atoms with Crippen LogP contribution in [0, 0.1) is 5.92 Å². The maximum absolute atomic E-state index is 12.1. The first kappa shape index (κ1) is 14.1. The molecular weight excluding hydrogens is 310 g/mol. The average Bonchev–Trinajstić information content (AvgIpc) is 2.68. The Bertz CT molecular complexity index is 404. The second kappa shape index (κ2) is 6.71. The largest absolute Gasteiger partial charge is 0.338 e. The van der Waals surface area contributed by atoms with E-state index in [9.17, 15) is 4.79 Å². The van der Waals surface area contributed by atoms with Gasteiger partial charge in [0.05, 0.1) is 10.3 Å². The van der Waals surface area contributed by atoms with Gasteiger partial charge in [-0.1, -0.05) is 19.8 Å². The Kier molecular flexibility index (Phi) is 5.25. The topological polar surface area (TPSA) is 20.3 Å². The zero-order valence-electron chi connectivity index (χ0n) is 10.8. The summed E-state index contributed by atoms with van der Waals surface area (Å²) in [6, 6.07) is 4.17. The summed E-state index contributed by atoms with van der Waals surface area (Å²) >= 11 is 5.20. The Morgan fingerprint density at radius 2 is 2.28 bits per heavy atom. The standard InChI is InChI=1S/C14H20BrNOS/c1-2-3-11-4-7-14(17)16(9-8-11)10-12-5-6-13(15)18-12/h5-6,11H,2-4,7-10H2,1H3. The molecule has 0 spiro atoms. The summed E-state index contributed by atoms with van der Waals surface area (Å²) < 4.78 is 1.14. The third-order valence-electron chi connectivity index (χ3n) is 3.60. The SMILES string of the molecule is CCCC1CCC(=O)N(Cc2ccc(Br)s2)CC1. The highest BCUT2D eigenvalue weighted by molar-refractivity contribution is 9.11. The fourth-order valence-electron chi connectivity index (χ4n) is 2.58. The molecule has 2 heterocycles. The van der Waals surface area contributed by atoms with Gasteiger partial charge in [0, 0.05) is 17.8 Å². The van der Waals surface area contributed by atoms with Gasteiger partial charge in [0.2, 0.25) is 5.91 Å². The van der Waals surface area contributed by atoms with E-state index < -0.39 is 0 Å². The Balaban J connectivity index is 1.93. The van der Waals surface area contributed by atoms with E-state index in [0.717, 1.165) is 35.6 Å². The maximum atomic E-state index is 12.1. The number of likely N-dealkylation sites (tertiary alicyclic amines) is 1. The fraction of sp³-hybridized carbons (Fsp3) is 0.643. The highest BCUT2D eigenvalue weighted by Crippen LogP contribution is 2.27. The van der Waals surface area contributed by atoms with Crippen LogP contribution in [0.1, 0.15) is 43.9 Å². The van der Waals surface area contributed by atoms with Gasteiger partial charge in [0.25, 0.3) is 0 Å². The molecule has 1 atom stereocenters. The van der Waals surface area contributed by atoms with E-state index in [-0.39, 0.29) is 0 Å². The molecule has 1 aromatic rings. The molecule has 0 radical (unpaired) electrons. The van der Waals surface area contributed by atoms with Crippen LogP contribution in [0.3, 0.4) is 0 Å². The molecule has 1 saturated heterocycles. The minimum Gasteiger partial charge on any atom is -0.338 e. The van der Waals surface area contributed by atoms with Gasteiger partial charge in [0.15, 0.2) is 0 Å². The lowest BCUT2D eigenvalue weighted by Crippen LogP contribution is -2.29. The van der Waals surface area contributed by atoms with Crippen LogP contribution in [-0.4, -0.2) is 17.4 Å². The Labute approximate surface area is 122 Å². The highest BCUT2D eigenvalue weighted by Gasteiger charge is 2.22. The number of carbonyl (C=O) groups excluding carboxylic acids is 1. The molecule has 1 aliphatic heterocycles. The van der Waals surface area contributed by atoms with Crippen molar-refractivity contribution in [1.82, 2.24) is 4.90 Å². The molecule has 100 valence electrons. The number of hydrogen-bond donors (Lipinski definition) is 0. The van der Waals surface area contributed by atoms with Crippen molar-refractivity contribution in [2.45, 2.75) is 45.6 Å². The lowest BCUT2D eigenvalue weighted by atomic mass is 9.96. The van der Waals surface area contributed by atoms with Crippen LogP contribution in [0.4, 0.5) is 0 Å². The quantitative estimate of drug-likeness (QED) is 0.799. The second-order valence-electron chi connectivity index (χ2n) is 5.00. The Morgan fingerprint density at radius 1 is 1.44 bits per heavy atom. The van der Waals surface area contributed by atoms with Crippen molar-refractivity contribution in [1.29, 1.82) is 0 Å². The molecule has 2 nitrogen and oxygen atoms in total. The number of carbonyl (C=O) groups is 1. The lowest BCUT2D eigenvalue weighted by molar-refractivity contribution is -0.131. The molecule has 1 aliphatic rings. The smallest absolute Gasteiger partial charge is 0.222 e. The van der Waals surface area contributed by atoms with E-state index in [1.807, 2.05) is 4.90 Å². The second-order valence-corrected chi connectivity index (χ2v) is 7.55. The molecule has 18 heavy (non-hydrogen) atoms. The van der Waals surface area contributed by atoms with Crippen molar-refractivity contribution in [2.75, 3.05) is 6.54 Å². The van der Waals surface area contributed by atoms with Crippen molar-refractivity contribution >= 4 is 33.2 Å². The van der Waals surface area contributed by atoms with Gasteiger partial charge in [-0.25, -0.2) is 0 Å². The van der Waals surface area contributed by atoms with Gasteiger partial charge in [-0.2, -0.15) is 0 Å². The first-order valence-corrected chi connectivity index (χ1v) is 8.32. The minimum absolute atomic E-state index is 0.332. The number of rotatable bonds is 4. The van der Waals surface area contributed by atoms with Crippen LogP contribution in [0.15, 0.2) is 15.9 Å². The summed E-state index contributed by atoms with van der Waals surface area (Å²) in [4.78, 5) is 15.4. The van der Waals surface area contributed by atoms with Crippen molar-refractivity contribution < 1.29 is 4.79 Å². The van der Waals surface area contributed by atoms with Crippen LogP contribution >= 0.6 is 27.3 Å². The number of nitrogens with zero attached hydrogens (tertiary/aromatic N) is 1. The van der Waals surface area contributed by atoms with Crippen LogP contribution in [0.5, 0.6) is 0 Å². The van der Waals surface area contributed by atoms with Crippen molar-refractivity contribution in [3.05, 3.63) is 20.8 Å². The molecule has 0 bridgehead atoms. The first-order chi connectivity index (χ1) is 8.69. The minimum atomic E-state index is 0.332. The van der Waals surface area contributed by atoms with Crippen LogP contribution in [0.25, 0.3) is 0 Å². The molecule has 1 amide bonds. The van der Waals surface area contributed by atoms with Crippen molar-refractivity contribution in [2.24, 2.45) is 5.92 Å². The normalized spacial score (nSPS) is 21.1. The lowest BCUT2D eigenvalue weighted by Gasteiger charge is -2.20. The molecule has 1 aromatic heterocycles. The Hall–Kier alpha value is -0.350. The van der Waals surface area contributed by atoms with E-state index in [2.05, 4.69) is 35.0 Å². The maximum Gasteiger partial charge on any atom is 0.222 e. The molecule has 2 rings (SSSR count). The van der Waals surface area contributed by atoms with Crippen LogP contribution in [0.2, 0.25) is 0 Å². The third kappa shape index (κ3) is 3.82. The van der Waals surface area contributed by atoms with Gasteiger partial charge >= 0.3 is 0 Å². The van der Waals surface area contributed by atoms with E-state index >= 15 is 0 Å². The summed E-state index contributed by atoms with van der Waals surface area (Å²) in [5.74, 6) is 1.08. The first-order valence-electron chi connectivity index (χ1n) is 6.71. The molecule has 0 N–H and O–H groups in total. The third-order valence-corrected chi connectivity index (χ3v) is 5.21. The molecule has 4 heteroatoms. The van der Waals surface area contributed by atoms with Gasteiger partial charge in [-0.3, -0.25) is 4.79 Å². The summed E-state index contributed by atoms with van der Waals surface area (Å²) in [6.45, 7) is 3.95. The summed E-state index contributed by atoms with van der Waals surface area (Å²) in [5, 5.41) is 0. The number of thiophene rings is 1. The number of hydrogen-bond acceptors (Lipinski definition) is 2. The zero-order chi connectivity index (χ0) is 13.0. The van der Waals surface area contributed by atoms with Gasteiger partial charge in [-0.15, -0.1) is 11.3 Å². The zero-order valence-corrected chi connectivity index (χ0v) is 13.2. The average molecular weight is 330 g/mol. The molecule has 1 fully saturated rings. The van der Waals surface area contributed by atoms with E-state index in [0.29, 0.717) is 5.91 Å². The highest BCUT2D eigenvalue weighted by atomic mass is 79.9. The van der Waals surface area contributed by atoms with Crippen LogP contribution in [-0.2, 0) is 11.3 Å². The molecule has 0 saturated carbocycles. The molecule has 0 aromatic carbocycles. The van der Waals surface area contributed by atoms with E-state index in [1.54, 1.807) is 11.3 Å². The predicted molar refractivity (Wildman–Crippen MR) is 79.7 cm³/mol. The van der Waals surface area contributed by atoms with Gasteiger partial charge in [-0.05, 0) is 46.8 Å².